The van der Waals surface area contributed by atoms with Gasteiger partial charge in [0.05, 0.1) is 52.2 Å². The fourth-order valence-corrected chi connectivity index (χ4v) is 7.11. The van der Waals surface area contributed by atoms with E-state index in [1.165, 1.54) is 35.2 Å². The molecule has 0 bridgehead atoms. The average Bonchev–Trinajstić information content (AvgIpc) is 3.69. The van der Waals surface area contributed by atoms with Gasteiger partial charge in [0.25, 0.3) is 17.0 Å². The van der Waals surface area contributed by atoms with E-state index in [2.05, 4.69) is 15.3 Å². The third kappa shape index (κ3) is 9.29. The number of pyridine rings is 2. The number of benzene rings is 4. The summed E-state index contributed by atoms with van der Waals surface area (Å²) in [6.45, 7) is 0.854. The summed E-state index contributed by atoms with van der Waals surface area (Å²) < 4.78 is 3.28. The molecular formula is C40H34N8O5S2. The van der Waals surface area contributed by atoms with Crippen LogP contribution in [-0.2, 0) is 13.1 Å². The zero-order chi connectivity index (χ0) is 38.9. The summed E-state index contributed by atoms with van der Waals surface area (Å²) in [6, 6.07) is 35.0. The number of nitrogens with zero attached hydrogens (tertiary/aromatic N) is 4. The zero-order valence-electron chi connectivity index (χ0n) is 29.0. The molecule has 0 atom stereocenters. The Morgan fingerprint density at radius 1 is 0.582 bits per heavy atom. The lowest BCUT2D eigenvalue weighted by molar-refractivity contribution is 0.0696. The predicted octanol–water partition coefficient (Wildman–Crippen LogP) is 6.40. The van der Waals surface area contributed by atoms with Crippen LogP contribution in [0.3, 0.4) is 0 Å². The van der Waals surface area contributed by atoms with Gasteiger partial charge in [-0.2, -0.15) is 0 Å². The topological polar surface area (TPSA) is 214 Å². The summed E-state index contributed by atoms with van der Waals surface area (Å²) in [5.41, 5.74) is 21.5. The van der Waals surface area contributed by atoms with Crippen LogP contribution in [0.2, 0.25) is 0 Å². The van der Waals surface area contributed by atoms with Crippen LogP contribution in [0.5, 0.6) is 0 Å². The van der Waals surface area contributed by atoms with Gasteiger partial charge in [0, 0.05) is 18.0 Å². The van der Waals surface area contributed by atoms with Gasteiger partial charge in [-0.05, 0) is 107 Å². The molecular weight excluding hydrogens is 737 g/mol. The molecule has 0 unspecified atom stereocenters. The van der Waals surface area contributed by atoms with Crippen molar-refractivity contribution in [3.05, 3.63) is 177 Å². The van der Waals surface area contributed by atoms with E-state index in [9.17, 15) is 19.2 Å². The quantitative estimate of drug-likeness (QED) is 0.113. The highest BCUT2D eigenvalue weighted by atomic mass is 32.1. The first kappa shape index (κ1) is 37.7. The summed E-state index contributed by atoms with van der Waals surface area (Å²) in [4.78, 5) is 57.5. The van der Waals surface area contributed by atoms with E-state index in [0.717, 1.165) is 16.0 Å². The van der Waals surface area contributed by atoms with Crippen LogP contribution in [0, 0.1) is 0 Å². The molecule has 0 saturated carbocycles. The van der Waals surface area contributed by atoms with E-state index in [4.69, 9.17) is 22.3 Å². The Morgan fingerprint density at radius 3 is 1.44 bits per heavy atom. The van der Waals surface area contributed by atoms with Crippen molar-refractivity contribution in [2.24, 2.45) is 0 Å². The van der Waals surface area contributed by atoms with E-state index in [0.29, 0.717) is 57.0 Å². The number of aromatic carboxylic acids is 1. The Balaban J connectivity index is 0.000000160. The molecule has 4 heterocycles. The summed E-state index contributed by atoms with van der Waals surface area (Å²) in [5.74, 6) is -1.19. The van der Waals surface area contributed by atoms with E-state index in [1.54, 1.807) is 93.1 Å². The lowest BCUT2D eigenvalue weighted by atomic mass is 10.1. The monoisotopic (exact) mass is 770 g/mol. The Kier molecular flexibility index (Phi) is 11.7. The highest BCUT2D eigenvalue weighted by molar-refractivity contribution is 7.13. The summed E-state index contributed by atoms with van der Waals surface area (Å²) in [5, 5.41) is 12.9. The second-order valence-electron chi connectivity index (χ2n) is 11.9. The number of para-hydroxylation sites is 4. The number of nitrogen functional groups attached to an aromatic ring is 3. The summed E-state index contributed by atoms with van der Waals surface area (Å²) >= 11 is 2.64. The van der Waals surface area contributed by atoms with Crippen LogP contribution in [0.15, 0.2) is 143 Å². The standard InChI is InChI=1S/C20H16N4O2S.C14H10N2O3S.C6H8N2/c21-16-5-1-2-6-17(16)23-18(25)14-9-7-13(8-10-14)12-24-20(26)15-4-3-11-22-19(15)27-24;17-13-11-2-1-7-15-12(11)20-16(13)8-9-3-5-10(6-4-9)14(18)19;7-5-3-1-2-4-6(5)8/h1-11H,12,21H2,(H,23,25);1-7H,8H2,(H,18,19);1-4H,7-8H2. The molecule has 8 aromatic rings. The molecule has 4 aromatic carbocycles. The number of fused-ring (bicyclic) bond motifs is 2. The van der Waals surface area contributed by atoms with Gasteiger partial charge in [0.1, 0.15) is 9.66 Å². The van der Waals surface area contributed by atoms with Crippen LogP contribution in [0.4, 0.5) is 22.7 Å². The molecule has 0 aliphatic heterocycles. The molecule has 13 nitrogen and oxygen atoms in total. The highest BCUT2D eigenvalue weighted by Gasteiger charge is 2.12. The molecule has 4 aromatic heterocycles. The van der Waals surface area contributed by atoms with Crippen molar-refractivity contribution in [3.63, 3.8) is 0 Å². The smallest absolute Gasteiger partial charge is 0.335 e. The van der Waals surface area contributed by atoms with Crippen LogP contribution in [-0.4, -0.2) is 34.9 Å². The van der Waals surface area contributed by atoms with Crippen LogP contribution < -0.4 is 33.6 Å². The minimum atomic E-state index is -0.959. The third-order valence-electron chi connectivity index (χ3n) is 8.12. The molecule has 0 spiro atoms. The number of hydrogen-bond acceptors (Lipinski definition) is 11. The second kappa shape index (κ2) is 17.2. The van der Waals surface area contributed by atoms with Crippen molar-refractivity contribution >= 4 is 78.1 Å². The fraction of sp³-hybridized carbons (Fsp3) is 0.0500. The number of carboxylic acids is 1. The molecule has 0 aliphatic carbocycles. The molecule has 15 heteroatoms. The number of rotatable bonds is 7. The Labute approximate surface area is 321 Å². The Hall–Kier alpha value is -7.10. The first-order chi connectivity index (χ1) is 26.6. The number of carbonyl (C=O) groups excluding carboxylic acids is 1. The van der Waals surface area contributed by atoms with Crippen molar-refractivity contribution in [2.45, 2.75) is 13.1 Å². The summed E-state index contributed by atoms with van der Waals surface area (Å²) in [6.07, 6.45) is 3.33. The maximum atomic E-state index is 12.4. The molecule has 0 fully saturated rings. The predicted molar refractivity (Wildman–Crippen MR) is 220 cm³/mol. The SMILES string of the molecule is Nc1ccccc1N.Nc1ccccc1NC(=O)c1ccc(Cn2sc3ncccc3c2=O)cc1.O=C(O)c1ccc(Cn2sc3ncccc3c2=O)cc1. The molecule has 8 N–H and O–H groups in total. The molecule has 0 saturated heterocycles. The number of carboxylic acid groups (broad SMARTS) is 1. The van der Waals surface area contributed by atoms with Crippen molar-refractivity contribution < 1.29 is 14.7 Å². The Bertz CT molecular complexity index is 2700. The van der Waals surface area contributed by atoms with Crippen LogP contribution in [0.25, 0.3) is 20.4 Å². The number of carbonyl (C=O) groups is 2. The number of hydrogen-bond donors (Lipinski definition) is 5. The van der Waals surface area contributed by atoms with Gasteiger partial charge in [-0.15, -0.1) is 0 Å². The first-order valence-corrected chi connectivity index (χ1v) is 18.2. The maximum Gasteiger partial charge on any atom is 0.335 e. The van der Waals surface area contributed by atoms with Crippen LogP contribution in [0.1, 0.15) is 31.8 Å². The fourth-order valence-electron chi connectivity index (χ4n) is 5.18. The number of nitrogens with one attached hydrogen (secondary N) is 1. The molecule has 1 amide bonds. The molecule has 55 heavy (non-hydrogen) atoms. The van der Waals surface area contributed by atoms with Gasteiger partial charge >= 0.3 is 5.97 Å². The van der Waals surface area contributed by atoms with E-state index >= 15 is 0 Å². The van der Waals surface area contributed by atoms with E-state index in [1.807, 2.05) is 36.4 Å². The van der Waals surface area contributed by atoms with Crippen molar-refractivity contribution in [1.29, 1.82) is 0 Å². The maximum absolute atomic E-state index is 12.4. The second-order valence-corrected chi connectivity index (χ2v) is 14.0. The molecule has 276 valence electrons. The van der Waals surface area contributed by atoms with E-state index < -0.39 is 5.97 Å². The van der Waals surface area contributed by atoms with Gasteiger partial charge in [0.2, 0.25) is 0 Å². The lowest BCUT2D eigenvalue weighted by Crippen LogP contribution is -2.15. The molecule has 8 rings (SSSR count). The van der Waals surface area contributed by atoms with Crippen molar-refractivity contribution in [2.75, 3.05) is 22.5 Å². The summed E-state index contributed by atoms with van der Waals surface area (Å²) in [7, 11) is 0. The zero-order valence-corrected chi connectivity index (χ0v) is 30.7. The van der Waals surface area contributed by atoms with Gasteiger partial charge in [0.15, 0.2) is 0 Å². The largest absolute Gasteiger partial charge is 0.478 e. The third-order valence-corrected chi connectivity index (χ3v) is 10.2. The van der Waals surface area contributed by atoms with Gasteiger partial charge in [-0.25, -0.2) is 14.8 Å². The van der Waals surface area contributed by atoms with Crippen molar-refractivity contribution in [1.82, 2.24) is 17.9 Å². The minimum absolute atomic E-state index is 0.0514. The van der Waals surface area contributed by atoms with Crippen LogP contribution >= 0.6 is 23.1 Å². The van der Waals surface area contributed by atoms with Crippen molar-refractivity contribution in [3.8, 4) is 0 Å². The number of nitrogens with two attached hydrogens (primary N) is 3. The van der Waals surface area contributed by atoms with Gasteiger partial charge in [-0.1, -0.05) is 48.5 Å². The number of aromatic nitrogens is 4. The minimum Gasteiger partial charge on any atom is -0.478 e. The number of anilines is 4. The Morgan fingerprint density at radius 2 is 1.02 bits per heavy atom. The highest BCUT2D eigenvalue weighted by Crippen LogP contribution is 2.19. The molecule has 0 radical (unpaired) electrons. The first-order valence-electron chi connectivity index (χ1n) is 16.6. The van der Waals surface area contributed by atoms with E-state index in [-0.39, 0.29) is 22.6 Å². The lowest BCUT2D eigenvalue weighted by Gasteiger charge is -2.08. The normalized spacial score (nSPS) is 10.5. The van der Waals surface area contributed by atoms with Gasteiger partial charge in [-0.3, -0.25) is 22.3 Å². The molecule has 0 aliphatic rings. The van der Waals surface area contributed by atoms with Gasteiger partial charge < -0.3 is 27.6 Å². The number of amides is 1. The average molecular weight is 771 g/mol.